The van der Waals surface area contributed by atoms with Gasteiger partial charge in [0, 0.05) is 37.3 Å². The first-order valence-corrected chi connectivity index (χ1v) is 6.88. The molecular weight excluding hydrogens is 220 g/mol. The van der Waals surface area contributed by atoms with Crippen LogP contribution in [0.2, 0.25) is 0 Å². The predicted octanol–water partition coefficient (Wildman–Crippen LogP) is 2.98. The zero-order chi connectivity index (χ0) is 12.0. The van der Waals surface area contributed by atoms with Gasteiger partial charge in [-0.25, -0.2) is 0 Å². The van der Waals surface area contributed by atoms with E-state index in [-0.39, 0.29) is 0 Å². The van der Waals surface area contributed by atoms with Crippen LogP contribution in [0.15, 0.2) is 11.1 Å². The van der Waals surface area contributed by atoms with Gasteiger partial charge in [-0.05, 0) is 25.3 Å². The number of halogens is 1. The van der Waals surface area contributed by atoms with E-state index in [4.69, 9.17) is 11.6 Å². The van der Waals surface area contributed by atoms with Crippen molar-refractivity contribution < 1.29 is 0 Å². The summed E-state index contributed by atoms with van der Waals surface area (Å²) in [6.07, 6.45) is 3.74. The Balaban J connectivity index is 2.56. The fourth-order valence-electron chi connectivity index (χ4n) is 2.37. The van der Waals surface area contributed by atoms with E-state index >= 15 is 0 Å². The molecule has 94 valence electrons. The van der Waals surface area contributed by atoms with Gasteiger partial charge in [-0.15, -0.1) is 0 Å². The minimum Gasteiger partial charge on any atom is -0.311 e. The molecule has 1 heterocycles. The summed E-state index contributed by atoms with van der Waals surface area (Å²) in [7, 11) is 0. The minimum absolute atomic E-state index is 0.649. The summed E-state index contributed by atoms with van der Waals surface area (Å²) in [5.74, 6) is 0. The van der Waals surface area contributed by atoms with Crippen LogP contribution in [0.4, 0.5) is 0 Å². The van der Waals surface area contributed by atoms with Crippen LogP contribution < -0.4 is 5.32 Å². The van der Waals surface area contributed by atoms with Crippen molar-refractivity contribution in [3.63, 3.8) is 0 Å². The van der Waals surface area contributed by atoms with E-state index in [1.165, 1.54) is 24.8 Å². The van der Waals surface area contributed by atoms with Gasteiger partial charge >= 0.3 is 0 Å². The number of rotatable bonds is 5. The topological polar surface area (TPSA) is 15.3 Å². The van der Waals surface area contributed by atoms with Gasteiger partial charge in [-0.3, -0.25) is 4.90 Å². The molecule has 1 aliphatic rings. The van der Waals surface area contributed by atoms with Crippen molar-refractivity contribution in [1.82, 2.24) is 10.2 Å². The summed E-state index contributed by atoms with van der Waals surface area (Å²) >= 11 is 5.76. The van der Waals surface area contributed by atoms with Gasteiger partial charge in [-0.1, -0.05) is 31.9 Å². The lowest BCUT2D eigenvalue weighted by atomic mass is 10.0. The van der Waals surface area contributed by atoms with Gasteiger partial charge < -0.3 is 5.32 Å². The lowest BCUT2D eigenvalue weighted by Crippen LogP contribution is -2.56. The monoisotopic (exact) mass is 244 g/mol. The predicted molar refractivity (Wildman–Crippen MR) is 72.0 cm³/mol. The van der Waals surface area contributed by atoms with Gasteiger partial charge in [0.2, 0.25) is 0 Å². The Kier molecular flexibility index (Phi) is 6.40. The van der Waals surface area contributed by atoms with Crippen molar-refractivity contribution in [2.75, 3.05) is 19.6 Å². The lowest BCUT2D eigenvalue weighted by molar-refractivity contribution is 0.132. The lowest BCUT2D eigenvalue weighted by Gasteiger charge is -2.40. The molecule has 1 fully saturated rings. The highest BCUT2D eigenvalue weighted by atomic mass is 35.5. The van der Waals surface area contributed by atoms with Gasteiger partial charge in [0.1, 0.15) is 0 Å². The van der Waals surface area contributed by atoms with Gasteiger partial charge in [-0.2, -0.15) is 0 Å². The molecule has 2 unspecified atom stereocenters. The first kappa shape index (κ1) is 14.0. The molecular formula is C13H25ClN2. The van der Waals surface area contributed by atoms with Crippen LogP contribution in [0.25, 0.3) is 0 Å². The highest BCUT2D eigenvalue weighted by Crippen LogP contribution is 2.15. The average molecular weight is 245 g/mol. The Bertz CT molecular complexity index is 228. The summed E-state index contributed by atoms with van der Waals surface area (Å²) in [6, 6.07) is 1.33. The molecule has 2 nitrogen and oxygen atoms in total. The fourth-order valence-corrected chi connectivity index (χ4v) is 2.44. The highest BCUT2D eigenvalue weighted by molar-refractivity contribution is 6.25. The summed E-state index contributed by atoms with van der Waals surface area (Å²) in [5, 5.41) is 3.63. The Morgan fingerprint density at radius 3 is 2.81 bits per heavy atom. The van der Waals surface area contributed by atoms with Crippen molar-refractivity contribution in [2.45, 2.75) is 52.1 Å². The van der Waals surface area contributed by atoms with Crippen molar-refractivity contribution in [3.05, 3.63) is 11.1 Å². The van der Waals surface area contributed by atoms with E-state index in [1.807, 2.05) is 0 Å². The van der Waals surface area contributed by atoms with Gasteiger partial charge in [0.15, 0.2) is 0 Å². The third kappa shape index (κ3) is 4.08. The minimum atomic E-state index is 0.649. The number of hydrogen-bond acceptors (Lipinski definition) is 2. The van der Waals surface area contributed by atoms with Crippen molar-refractivity contribution >= 4 is 11.6 Å². The molecule has 0 bridgehead atoms. The van der Waals surface area contributed by atoms with Crippen LogP contribution in [0.1, 0.15) is 40.0 Å². The number of hydrogen-bond donors (Lipinski definition) is 1. The molecule has 16 heavy (non-hydrogen) atoms. The molecule has 0 radical (unpaired) electrons. The van der Waals surface area contributed by atoms with E-state index < -0.39 is 0 Å². The van der Waals surface area contributed by atoms with Crippen LogP contribution in [-0.4, -0.2) is 36.6 Å². The maximum Gasteiger partial charge on any atom is 0.0224 e. The van der Waals surface area contributed by atoms with E-state index in [9.17, 15) is 0 Å². The summed E-state index contributed by atoms with van der Waals surface area (Å²) in [6.45, 7) is 9.92. The second kappa shape index (κ2) is 7.31. The van der Waals surface area contributed by atoms with E-state index in [0.29, 0.717) is 12.1 Å². The first-order valence-electron chi connectivity index (χ1n) is 6.44. The molecule has 0 saturated carbocycles. The van der Waals surface area contributed by atoms with Crippen molar-refractivity contribution in [1.29, 1.82) is 0 Å². The molecule has 0 amide bonds. The number of nitrogens with zero attached hydrogens (tertiary/aromatic N) is 1. The van der Waals surface area contributed by atoms with Gasteiger partial charge in [0.05, 0.1) is 0 Å². The Morgan fingerprint density at radius 1 is 1.50 bits per heavy atom. The fraction of sp³-hybridized carbons (Fsp3) is 0.846. The largest absolute Gasteiger partial charge is 0.311 e. The third-order valence-corrected chi connectivity index (χ3v) is 3.74. The van der Waals surface area contributed by atoms with Crippen LogP contribution in [-0.2, 0) is 0 Å². The zero-order valence-electron chi connectivity index (χ0n) is 10.8. The smallest absolute Gasteiger partial charge is 0.0224 e. The first-order chi connectivity index (χ1) is 7.71. The molecule has 1 rings (SSSR count). The molecule has 0 aromatic carbocycles. The van der Waals surface area contributed by atoms with E-state index in [0.717, 1.165) is 19.6 Å². The Morgan fingerprint density at radius 2 is 2.25 bits per heavy atom. The molecule has 1 aliphatic heterocycles. The van der Waals surface area contributed by atoms with E-state index in [2.05, 4.69) is 31.0 Å². The Labute approximate surface area is 105 Å². The molecule has 0 aliphatic carbocycles. The Hall–Kier alpha value is -0.0500. The quantitative estimate of drug-likeness (QED) is 0.800. The molecule has 2 atom stereocenters. The molecule has 3 heteroatoms. The maximum absolute atomic E-state index is 5.76. The van der Waals surface area contributed by atoms with Crippen LogP contribution >= 0.6 is 11.6 Å². The van der Waals surface area contributed by atoms with Crippen LogP contribution in [0, 0.1) is 0 Å². The molecule has 0 spiro atoms. The number of nitrogens with one attached hydrogen (secondary N) is 1. The van der Waals surface area contributed by atoms with Crippen LogP contribution in [0.5, 0.6) is 0 Å². The van der Waals surface area contributed by atoms with E-state index in [1.54, 1.807) is 5.54 Å². The number of piperazine rings is 1. The van der Waals surface area contributed by atoms with Crippen LogP contribution in [0.3, 0.4) is 0 Å². The summed E-state index contributed by atoms with van der Waals surface area (Å²) in [4.78, 5) is 2.59. The standard InChI is InChI=1S/C13H25ClN2/c1-4-6-13-8-15-12(5-2)10-16(13)9-11(3)7-14/h7,12-13,15H,4-6,8-10H2,1-3H3. The normalized spacial score (nSPS) is 28.4. The second-order valence-corrected chi connectivity index (χ2v) is 5.06. The van der Waals surface area contributed by atoms with Crippen molar-refractivity contribution in [2.24, 2.45) is 0 Å². The zero-order valence-corrected chi connectivity index (χ0v) is 11.6. The third-order valence-electron chi connectivity index (χ3n) is 3.37. The maximum atomic E-state index is 5.76. The van der Waals surface area contributed by atoms with Gasteiger partial charge in [0.25, 0.3) is 0 Å². The molecule has 1 N–H and O–H groups in total. The summed E-state index contributed by atoms with van der Waals surface area (Å²) < 4.78 is 0. The highest BCUT2D eigenvalue weighted by Gasteiger charge is 2.25. The molecule has 0 aromatic heterocycles. The van der Waals surface area contributed by atoms with Crippen molar-refractivity contribution in [3.8, 4) is 0 Å². The SMILES string of the molecule is CCCC1CNC(CC)CN1CC(C)=CCl. The molecule has 1 saturated heterocycles. The molecule has 0 aromatic rings. The summed E-state index contributed by atoms with van der Waals surface area (Å²) in [5.41, 5.74) is 2.98. The second-order valence-electron chi connectivity index (χ2n) is 4.84. The average Bonchev–Trinajstić information content (AvgIpc) is 2.31.